The van der Waals surface area contributed by atoms with Crippen LogP contribution in [-0.4, -0.2) is 34.3 Å². The standard InChI is InChI=1S/C21H21F2N7/c22-16-8-10-17(11-9-16)25-19-26-20(28-21(27-19)30-12-4-1-5-13-30)29-24-14-15-6-2-3-7-18(15)23/h2-3,6-11,14H,1,4-5,12-13H2,(H2,25,26,27,28,29). The SMILES string of the molecule is Fc1ccc(Nc2nc(NN=Cc3ccccc3F)nc(N3CCCCC3)n2)cc1. The molecule has 7 nitrogen and oxygen atoms in total. The van der Waals surface area contributed by atoms with E-state index in [-0.39, 0.29) is 17.6 Å². The maximum atomic E-state index is 13.8. The van der Waals surface area contributed by atoms with Gasteiger partial charge in [0.25, 0.3) is 0 Å². The van der Waals surface area contributed by atoms with Crippen LogP contribution < -0.4 is 15.6 Å². The maximum absolute atomic E-state index is 13.8. The molecule has 4 rings (SSSR count). The quantitative estimate of drug-likeness (QED) is 0.466. The molecule has 9 heteroatoms. The molecule has 3 aromatic rings. The highest BCUT2D eigenvalue weighted by Crippen LogP contribution is 2.21. The average molecular weight is 409 g/mol. The molecule has 0 bridgehead atoms. The number of hydrogen-bond acceptors (Lipinski definition) is 7. The monoisotopic (exact) mass is 409 g/mol. The van der Waals surface area contributed by atoms with E-state index in [4.69, 9.17) is 0 Å². The Morgan fingerprint density at radius 1 is 0.867 bits per heavy atom. The number of piperidine rings is 1. The highest BCUT2D eigenvalue weighted by atomic mass is 19.1. The number of hydrazone groups is 1. The fourth-order valence-electron chi connectivity index (χ4n) is 3.11. The van der Waals surface area contributed by atoms with Gasteiger partial charge in [0, 0.05) is 24.3 Å². The van der Waals surface area contributed by atoms with Crippen molar-refractivity contribution in [2.75, 3.05) is 28.7 Å². The lowest BCUT2D eigenvalue weighted by molar-refractivity contribution is 0.568. The minimum Gasteiger partial charge on any atom is -0.341 e. The lowest BCUT2D eigenvalue weighted by Crippen LogP contribution is -2.31. The van der Waals surface area contributed by atoms with Gasteiger partial charge in [-0.15, -0.1) is 0 Å². The van der Waals surface area contributed by atoms with Gasteiger partial charge in [-0.3, -0.25) is 0 Å². The van der Waals surface area contributed by atoms with Crippen molar-refractivity contribution in [3.05, 3.63) is 65.7 Å². The van der Waals surface area contributed by atoms with E-state index in [0.717, 1.165) is 25.9 Å². The first-order chi connectivity index (χ1) is 14.7. The lowest BCUT2D eigenvalue weighted by atomic mass is 10.1. The number of hydrogen-bond donors (Lipinski definition) is 2. The Bertz CT molecular complexity index is 1020. The van der Waals surface area contributed by atoms with E-state index in [0.29, 0.717) is 23.1 Å². The molecule has 0 unspecified atom stereocenters. The summed E-state index contributed by atoms with van der Waals surface area (Å²) in [6, 6.07) is 12.2. The number of rotatable bonds is 6. The van der Waals surface area contributed by atoms with Crippen LogP contribution in [0.25, 0.3) is 0 Å². The van der Waals surface area contributed by atoms with Crippen LogP contribution in [0.15, 0.2) is 53.6 Å². The smallest absolute Gasteiger partial charge is 0.250 e. The second-order valence-electron chi connectivity index (χ2n) is 6.85. The molecule has 2 heterocycles. The van der Waals surface area contributed by atoms with Crippen LogP contribution in [0.3, 0.4) is 0 Å². The van der Waals surface area contributed by atoms with Crippen molar-refractivity contribution in [1.82, 2.24) is 15.0 Å². The molecule has 1 aromatic heterocycles. The molecule has 30 heavy (non-hydrogen) atoms. The minimum atomic E-state index is -0.369. The van der Waals surface area contributed by atoms with Crippen LogP contribution in [0.4, 0.5) is 32.3 Å². The first kappa shape index (κ1) is 19.7. The Morgan fingerprint density at radius 3 is 2.37 bits per heavy atom. The molecular formula is C21H21F2N7. The number of halogens is 2. The minimum absolute atomic E-state index is 0.225. The third kappa shape index (κ3) is 5.05. The molecule has 0 saturated carbocycles. The summed E-state index contributed by atoms with van der Waals surface area (Å²) in [6.07, 6.45) is 4.69. The molecule has 2 N–H and O–H groups in total. The Labute approximate surface area is 172 Å². The molecule has 1 aliphatic rings. The molecule has 1 fully saturated rings. The van der Waals surface area contributed by atoms with Crippen LogP contribution >= 0.6 is 0 Å². The third-order valence-electron chi connectivity index (χ3n) is 4.64. The normalized spacial score (nSPS) is 14.1. The van der Waals surface area contributed by atoms with Crippen molar-refractivity contribution < 1.29 is 8.78 Å². The first-order valence-corrected chi connectivity index (χ1v) is 9.74. The van der Waals surface area contributed by atoms with Gasteiger partial charge in [0.1, 0.15) is 11.6 Å². The van der Waals surface area contributed by atoms with Gasteiger partial charge in [-0.2, -0.15) is 20.1 Å². The van der Waals surface area contributed by atoms with Crippen molar-refractivity contribution >= 4 is 29.7 Å². The molecule has 2 aromatic carbocycles. The van der Waals surface area contributed by atoms with Gasteiger partial charge in [0.15, 0.2) is 0 Å². The highest BCUT2D eigenvalue weighted by Gasteiger charge is 2.16. The van der Waals surface area contributed by atoms with Gasteiger partial charge >= 0.3 is 0 Å². The van der Waals surface area contributed by atoms with Gasteiger partial charge in [-0.25, -0.2) is 14.2 Å². The van der Waals surface area contributed by atoms with Gasteiger partial charge in [-0.1, -0.05) is 18.2 Å². The molecule has 154 valence electrons. The summed E-state index contributed by atoms with van der Waals surface area (Å²) < 4.78 is 26.9. The Kier molecular flexibility index (Phi) is 6.07. The molecule has 0 amide bonds. The van der Waals surface area contributed by atoms with Crippen molar-refractivity contribution in [2.45, 2.75) is 19.3 Å². The van der Waals surface area contributed by atoms with Crippen LogP contribution in [-0.2, 0) is 0 Å². The van der Waals surface area contributed by atoms with Crippen LogP contribution in [0.5, 0.6) is 0 Å². The lowest BCUT2D eigenvalue weighted by Gasteiger charge is -2.26. The summed E-state index contributed by atoms with van der Waals surface area (Å²) >= 11 is 0. The number of anilines is 4. The van der Waals surface area contributed by atoms with E-state index in [1.54, 1.807) is 30.3 Å². The molecule has 1 saturated heterocycles. The summed E-state index contributed by atoms with van der Waals surface area (Å²) in [5.41, 5.74) is 3.74. The van der Waals surface area contributed by atoms with Crippen LogP contribution in [0.1, 0.15) is 24.8 Å². The Morgan fingerprint density at radius 2 is 1.60 bits per heavy atom. The molecule has 1 aliphatic heterocycles. The second kappa shape index (κ2) is 9.25. The van der Waals surface area contributed by atoms with Gasteiger partial charge in [-0.05, 0) is 49.6 Å². The zero-order valence-electron chi connectivity index (χ0n) is 16.2. The van der Waals surface area contributed by atoms with Gasteiger partial charge < -0.3 is 10.2 Å². The second-order valence-corrected chi connectivity index (χ2v) is 6.85. The van der Waals surface area contributed by atoms with Gasteiger partial charge in [0.2, 0.25) is 17.8 Å². The fourth-order valence-corrected chi connectivity index (χ4v) is 3.11. The summed E-state index contributed by atoms with van der Waals surface area (Å²) in [7, 11) is 0. The molecule has 0 spiro atoms. The van der Waals surface area contributed by atoms with Crippen molar-refractivity contribution in [3.63, 3.8) is 0 Å². The summed E-state index contributed by atoms with van der Waals surface area (Å²) in [4.78, 5) is 15.4. The van der Waals surface area contributed by atoms with E-state index >= 15 is 0 Å². The molecule has 0 radical (unpaired) electrons. The van der Waals surface area contributed by atoms with Crippen molar-refractivity contribution in [3.8, 4) is 0 Å². The van der Waals surface area contributed by atoms with Gasteiger partial charge in [0.05, 0.1) is 6.21 Å². The largest absolute Gasteiger partial charge is 0.341 e. The van der Waals surface area contributed by atoms with E-state index in [1.807, 2.05) is 0 Å². The average Bonchev–Trinajstić information content (AvgIpc) is 2.77. The van der Waals surface area contributed by atoms with E-state index in [1.165, 1.54) is 30.8 Å². The highest BCUT2D eigenvalue weighted by molar-refractivity contribution is 5.80. The zero-order chi connectivity index (χ0) is 20.8. The topological polar surface area (TPSA) is 78.3 Å². The number of aromatic nitrogens is 3. The van der Waals surface area contributed by atoms with Crippen LogP contribution in [0.2, 0.25) is 0 Å². The maximum Gasteiger partial charge on any atom is 0.250 e. The predicted molar refractivity (Wildman–Crippen MR) is 113 cm³/mol. The fraction of sp³-hybridized carbons (Fsp3) is 0.238. The summed E-state index contributed by atoms with van der Waals surface area (Å²) in [6.45, 7) is 1.72. The third-order valence-corrected chi connectivity index (χ3v) is 4.64. The van der Waals surface area contributed by atoms with E-state index in [9.17, 15) is 8.78 Å². The summed E-state index contributed by atoms with van der Waals surface area (Å²) in [5, 5.41) is 7.12. The number of benzene rings is 2. The van der Waals surface area contributed by atoms with Crippen molar-refractivity contribution in [2.24, 2.45) is 5.10 Å². The number of nitrogens with one attached hydrogen (secondary N) is 2. The van der Waals surface area contributed by atoms with Crippen molar-refractivity contribution in [1.29, 1.82) is 0 Å². The predicted octanol–water partition coefficient (Wildman–Crippen LogP) is 4.33. The molecule has 0 aliphatic carbocycles. The van der Waals surface area contributed by atoms with E-state index < -0.39 is 0 Å². The Balaban J connectivity index is 1.57. The molecular weight excluding hydrogens is 388 g/mol. The Hall–Kier alpha value is -3.62. The van der Waals surface area contributed by atoms with E-state index in [2.05, 4.69) is 35.7 Å². The number of nitrogens with zero attached hydrogens (tertiary/aromatic N) is 5. The zero-order valence-corrected chi connectivity index (χ0v) is 16.2. The first-order valence-electron chi connectivity index (χ1n) is 9.74. The van der Waals surface area contributed by atoms with Crippen LogP contribution in [0, 0.1) is 11.6 Å². The molecule has 0 atom stereocenters. The summed E-state index contributed by atoms with van der Waals surface area (Å²) in [5.74, 6) is 0.364.